The van der Waals surface area contributed by atoms with Crippen LogP contribution in [0.25, 0.3) is 17.0 Å². The van der Waals surface area contributed by atoms with Gasteiger partial charge in [0.25, 0.3) is 0 Å². The number of hydrogen-bond donors (Lipinski definition) is 1. The second-order valence-electron chi connectivity index (χ2n) is 6.03. The summed E-state index contributed by atoms with van der Waals surface area (Å²) >= 11 is 0. The molecule has 1 saturated heterocycles. The Labute approximate surface area is 139 Å². The average molecular weight is 343 g/mol. The van der Waals surface area contributed by atoms with Crippen LogP contribution in [0, 0.1) is 5.92 Å². The summed E-state index contributed by atoms with van der Waals surface area (Å²) < 4.78 is 24.8. The number of rotatable bonds is 4. The number of nitrogens with zero attached hydrogens (tertiary/aromatic N) is 4. The van der Waals surface area contributed by atoms with Gasteiger partial charge in [0.15, 0.2) is 21.3 Å². The highest BCUT2D eigenvalue weighted by atomic mass is 32.2. The molecule has 1 unspecified atom stereocenters. The van der Waals surface area contributed by atoms with E-state index in [1.54, 1.807) is 4.52 Å². The van der Waals surface area contributed by atoms with Crippen LogP contribution in [0.3, 0.4) is 0 Å². The van der Waals surface area contributed by atoms with Crippen molar-refractivity contribution >= 4 is 21.3 Å². The molecule has 3 aromatic rings. The minimum Gasteiger partial charge on any atom is -0.368 e. The van der Waals surface area contributed by atoms with Crippen molar-refractivity contribution in [1.29, 1.82) is 0 Å². The Bertz CT molecular complexity index is 969. The Morgan fingerprint density at radius 1 is 1.12 bits per heavy atom. The standard InChI is InChI=1S/C16H17N5O2S/c22-24(23)9-8-12(11-24)10-17-14-6-7-15-18-19-16(21(15)20-14)13-4-2-1-3-5-13/h1-7,12H,8-11H2,(H,17,20). The third-order valence-corrected chi connectivity index (χ3v) is 6.03. The van der Waals surface area contributed by atoms with Gasteiger partial charge < -0.3 is 5.32 Å². The van der Waals surface area contributed by atoms with Crippen molar-refractivity contribution in [1.82, 2.24) is 19.8 Å². The van der Waals surface area contributed by atoms with Crippen LogP contribution in [0.5, 0.6) is 0 Å². The Balaban J connectivity index is 1.57. The largest absolute Gasteiger partial charge is 0.368 e. The van der Waals surface area contributed by atoms with Crippen LogP contribution >= 0.6 is 0 Å². The van der Waals surface area contributed by atoms with E-state index in [2.05, 4.69) is 20.6 Å². The Morgan fingerprint density at radius 3 is 2.71 bits per heavy atom. The highest BCUT2D eigenvalue weighted by molar-refractivity contribution is 7.91. The van der Waals surface area contributed by atoms with Crippen molar-refractivity contribution in [2.75, 3.05) is 23.4 Å². The summed E-state index contributed by atoms with van der Waals surface area (Å²) in [5, 5.41) is 16.1. The van der Waals surface area contributed by atoms with Crippen LogP contribution in [-0.2, 0) is 9.84 Å². The molecular weight excluding hydrogens is 326 g/mol. The van der Waals surface area contributed by atoms with Gasteiger partial charge in [0.2, 0.25) is 0 Å². The van der Waals surface area contributed by atoms with Gasteiger partial charge in [-0.1, -0.05) is 30.3 Å². The van der Waals surface area contributed by atoms with Crippen LogP contribution in [0.1, 0.15) is 6.42 Å². The fourth-order valence-electron chi connectivity index (χ4n) is 2.93. The summed E-state index contributed by atoms with van der Waals surface area (Å²) in [6.45, 7) is 0.598. The molecule has 1 aromatic carbocycles. The molecule has 7 nitrogen and oxygen atoms in total. The minimum atomic E-state index is -2.85. The fourth-order valence-corrected chi connectivity index (χ4v) is 4.79. The molecule has 0 radical (unpaired) electrons. The highest BCUT2D eigenvalue weighted by Gasteiger charge is 2.27. The third kappa shape index (κ3) is 2.96. The molecule has 0 aliphatic carbocycles. The monoisotopic (exact) mass is 343 g/mol. The number of benzene rings is 1. The Hall–Kier alpha value is -2.48. The minimum absolute atomic E-state index is 0.141. The van der Waals surface area contributed by atoms with Crippen molar-refractivity contribution in [2.24, 2.45) is 5.92 Å². The first-order chi connectivity index (χ1) is 11.6. The lowest BCUT2D eigenvalue weighted by Gasteiger charge is -2.10. The van der Waals surface area contributed by atoms with E-state index in [0.717, 1.165) is 5.56 Å². The molecule has 4 rings (SSSR count). The van der Waals surface area contributed by atoms with Gasteiger partial charge in [-0.3, -0.25) is 0 Å². The second-order valence-corrected chi connectivity index (χ2v) is 8.26. The predicted octanol–water partition coefficient (Wildman–Crippen LogP) is 1.64. The number of aromatic nitrogens is 4. The molecule has 1 N–H and O–H groups in total. The van der Waals surface area contributed by atoms with E-state index in [0.29, 0.717) is 30.3 Å². The van der Waals surface area contributed by atoms with Crippen molar-refractivity contribution in [3.8, 4) is 11.4 Å². The quantitative estimate of drug-likeness (QED) is 0.774. The summed E-state index contributed by atoms with van der Waals surface area (Å²) in [7, 11) is -2.85. The van der Waals surface area contributed by atoms with E-state index in [1.165, 1.54) is 0 Å². The van der Waals surface area contributed by atoms with Crippen LogP contribution < -0.4 is 5.32 Å². The molecule has 1 aliphatic rings. The van der Waals surface area contributed by atoms with Gasteiger partial charge in [-0.15, -0.1) is 15.3 Å². The third-order valence-electron chi connectivity index (χ3n) is 4.19. The molecule has 124 valence electrons. The molecule has 0 bridgehead atoms. The molecule has 0 spiro atoms. The Kier molecular flexibility index (Phi) is 3.68. The van der Waals surface area contributed by atoms with Crippen LogP contribution in [0.15, 0.2) is 42.5 Å². The van der Waals surface area contributed by atoms with Crippen molar-refractivity contribution in [3.05, 3.63) is 42.5 Å². The maximum atomic E-state index is 11.5. The molecule has 24 heavy (non-hydrogen) atoms. The molecule has 1 aliphatic heterocycles. The van der Waals surface area contributed by atoms with Crippen molar-refractivity contribution in [3.63, 3.8) is 0 Å². The van der Waals surface area contributed by atoms with Gasteiger partial charge in [-0.05, 0) is 24.5 Å². The number of fused-ring (bicyclic) bond motifs is 1. The van der Waals surface area contributed by atoms with Gasteiger partial charge in [0, 0.05) is 12.1 Å². The van der Waals surface area contributed by atoms with Gasteiger partial charge in [0.05, 0.1) is 11.5 Å². The number of hydrogen-bond acceptors (Lipinski definition) is 6. The lowest BCUT2D eigenvalue weighted by Crippen LogP contribution is -2.16. The molecule has 0 amide bonds. The Morgan fingerprint density at radius 2 is 1.96 bits per heavy atom. The molecular formula is C16H17N5O2S. The average Bonchev–Trinajstić information content (AvgIpc) is 3.16. The first-order valence-electron chi connectivity index (χ1n) is 7.83. The van der Waals surface area contributed by atoms with Gasteiger partial charge in [0.1, 0.15) is 5.82 Å². The molecule has 2 aromatic heterocycles. The molecule has 1 atom stereocenters. The highest BCUT2D eigenvalue weighted by Crippen LogP contribution is 2.20. The number of sulfone groups is 1. The fraction of sp³-hybridized carbons (Fsp3) is 0.312. The first kappa shape index (κ1) is 15.1. The van der Waals surface area contributed by atoms with Crippen LogP contribution in [-0.4, -0.2) is 46.3 Å². The second kappa shape index (κ2) is 5.86. The first-order valence-corrected chi connectivity index (χ1v) is 9.65. The molecule has 8 heteroatoms. The van der Waals surface area contributed by atoms with Crippen LogP contribution in [0.2, 0.25) is 0 Å². The molecule has 3 heterocycles. The van der Waals surface area contributed by atoms with E-state index in [-0.39, 0.29) is 17.4 Å². The van der Waals surface area contributed by atoms with Crippen molar-refractivity contribution < 1.29 is 8.42 Å². The van der Waals surface area contributed by atoms with Gasteiger partial charge >= 0.3 is 0 Å². The van der Waals surface area contributed by atoms with Gasteiger partial charge in [-0.2, -0.15) is 4.52 Å². The molecule has 1 fully saturated rings. The van der Waals surface area contributed by atoms with E-state index in [1.807, 2.05) is 42.5 Å². The van der Waals surface area contributed by atoms with E-state index < -0.39 is 9.84 Å². The zero-order valence-electron chi connectivity index (χ0n) is 13.0. The van der Waals surface area contributed by atoms with Crippen LogP contribution in [0.4, 0.5) is 5.82 Å². The SMILES string of the molecule is O=S1(=O)CCC(CNc2ccc3nnc(-c4ccccc4)n3n2)C1. The molecule has 0 saturated carbocycles. The summed E-state index contributed by atoms with van der Waals surface area (Å²) in [6.07, 6.45) is 0.708. The lowest BCUT2D eigenvalue weighted by molar-refractivity contribution is 0.595. The summed E-state index contributed by atoms with van der Waals surface area (Å²) in [5.41, 5.74) is 1.61. The smallest absolute Gasteiger partial charge is 0.185 e. The normalized spacial score (nSPS) is 19.6. The number of nitrogens with one attached hydrogen (secondary N) is 1. The zero-order valence-corrected chi connectivity index (χ0v) is 13.8. The maximum absolute atomic E-state index is 11.5. The van der Waals surface area contributed by atoms with E-state index >= 15 is 0 Å². The predicted molar refractivity (Wildman–Crippen MR) is 91.5 cm³/mol. The van der Waals surface area contributed by atoms with Gasteiger partial charge in [-0.25, -0.2) is 8.42 Å². The maximum Gasteiger partial charge on any atom is 0.185 e. The zero-order chi connectivity index (χ0) is 16.6. The van der Waals surface area contributed by atoms with E-state index in [9.17, 15) is 8.42 Å². The summed E-state index contributed by atoms with van der Waals surface area (Å²) in [6, 6.07) is 13.4. The lowest BCUT2D eigenvalue weighted by atomic mass is 10.1. The summed E-state index contributed by atoms with van der Waals surface area (Å²) in [4.78, 5) is 0. The number of anilines is 1. The van der Waals surface area contributed by atoms with Crippen molar-refractivity contribution in [2.45, 2.75) is 6.42 Å². The topological polar surface area (TPSA) is 89.2 Å². The summed E-state index contributed by atoms with van der Waals surface area (Å²) in [5.74, 6) is 2.04. The van der Waals surface area contributed by atoms with E-state index in [4.69, 9.17) is 0 Å².